The molecule has 39 heavy (non-hydrogen) atoms. The molecule has 0 bridgehead atoms. The van der Waals surface area contributed by atoms with Gasteiger partial charge in [0.15, 0.2) is 11.5 Å². The summed E-state index contributed by atoms with van der Waals surface area (Å²) in [4.78, 5) is 25.4. The highest BCUT2D eigenvalue weighted by molar-refractivity contribution is 6.31. The molecule has 1 aromatic carbocycles. The zero-order valence-corrected chi connectivity index (χ0v) is 21.5. The SMILES string of the molecule is CCOC(=O)c1cc(-c2cnc(Nc3ccc(F)c(Cl)c3)nc2-n2ccc(C(F)(F)F)n2)cnc1OC(C)C. The van der Waals surface area contributed by atoms with Crippen LogP contribution in [-0.2, 0) is 10.9 Å². The number of nitrogens with one attached hydrogen (secondary N) is 1. The monoisotopic (exact) mass is 564 g/mol. The molecule has 0 amide bonds. The van der Waals surface area contributed by atoms with Crippen molar-refractivity contribution in [3.63, 3.8) is 0 Å². The van der Waals surface area contributed by atoms with Gasteiger partial charge in [0.2, 0.25) is 11.8 Å². The van der Waals surface area contributed by atoms with Gasteiger partial charge in [-0.2, -0.15) is 23.3 Å². The number of anilines is 2. The predicted molar refractivity (Wildman–Crippen MR) is 134 cm³/mol. The minimum Gasteiger partial charge on any atom is -0.474 e. The van der Waals surface area contributed by atoms with Gasteiger partial charge in [-0.3, -0.25) is 0 Å². The van der Waals surface area contributed by atoms with Crippen LogP contribution >= 0.6 is 11.6 Å². The molecule has 0 radical (unpaired) electrons. The van der Waals surface area contributed by atoms with Crippen LogP contribution < -0.4 is 10.1 Å². The van der Waals surface area contributed by atoms with E-state index in [0.29, 0.717) is 5.69 Å². The van der Waals surface area contributed by atoms with Gasteiger partial charge in [-0.15, -0.1) is 0 Å². The van der Waals surface area contributed by atoms with E-state index in [1.54, 1.807) is 20.8 Å². The van der Waals surface area contributed by atoms with Crippen LogP contribution in [0.5, 0.6) is 5.88 Å². The Kier molecular flexibility index (Phi) is 8.00. The number of hydrogen-bond acceptors (Lipinski definition) is 8. The summed E-state index contributed by atoms with van der Waals surface area (Å²) >= 11 is 5.83. The van der Waals surface area contributed by atoms with Crippen LogP contribution in [-0.4, -0.2) is 43.4 Å². The quantitative estimate of drug-likeness (QED) is 0.198. The zero-order valence-electron chi connectivity index (χ0n) is 20.8. The largest absolute Gasteiger partial charge is 0.474 e. The molecule has 0 aliphatic carbocycles. The van der Waals surface area contributed by atoms with Crippen LogP contribution in [0.2, 0.25) is 5.02 Å². The van der Waals surface area contributed by atoms with Crippen molar-refractivity contribution in [3.8, 4) is 22.8 Å². The van der Waals surface area contributed by atoms with Crippen molar-refractivity contribution in [1.29, 1.82) is 0 Å². The highest BCUT2D eigenvalue weighted by Gasteiger charge is 2.34. The summed E-state index contributed by atoms with van der Waals surface area (Å²) in [7, 11) is 0. The summed E-state index contributed by atoms with van der Waals surface area (Å²) in [6.45, 7) is 5.25. The van der Waals surface area contributed by atoms with Crippen molar-refractivity contribution in [2.75, 3.05) is 11.9 Å². The normalized spacial score (nSPS) is 11.5. The fourth-order valence-electron chi connectivity index (χ4n) is 3.38. The molecule has 0 unspecified atom stereocenters. The Bertz CT molecular complexity index is 1510. The van der Waals surface area contributed by atoms with Crippen LogP contribution in [0.3, 0.4) is 0 Å². The first-order valence-electron chi connectivity index (χ1n) is 11.5. The second-order valence-electron chi connectivity index (χ2n) is 8.29. The van der Waals surface area contributed by atoms with E-state index in [1.165, 1.54) is 30.6 Å². The summed E-state index contributed by atoms with van der Waals surface area (Å²) in [6, 6.07) is 6.03. The summed E-state index contributed by atoms with van der Waals surface area (Å²) in [5.74, 6) is -1.41. The number of benzene rings is 1. The lowest BCUT2D eigenvalue weighted by Crippen LogP contribution is -2.14. The first kappa shape index (κ1) is 27.8. The van der Waals surface area contributed by atoms with E-state index in [4.69, 9.17) is 21.1 Å². The van der Waals surface area contributed by atoms with Crippen LogP contribution in [0.25, 0.3) is 16.9 Å². The lowest BCUT2D eigenvalue weighted by Gasteiger charge is -2.15. The molecule has 0 aliphatic heterocycles. The van der Waals surface area contributed by atoms with Gasteiger partial charge in [0.25, 0.3) is 0 Å². The minimum atomic E-state index is -4.70. The second kappa shape index (κ2) is 11.2. The molecular formula is C25H21ClF4N6O3. The molecule has 204 valence electrons. The van der Waals surface area contributed by atoms with Gasteiger partial charge in [0, 0.05) is 35.4 Å². The van der Waals surface area contributed by atoms with E-state index in [1.807, 2.05) is 0 Å². The van der Waals surface area contributed by atoms with E-state index in [-0.39, 0.29) is 52.1 Å². The lowest BCUT2D eigenvalue weighted by atomic mass is 10.1. The minimum absolute atomic E-state index is 0.00796. The number of carbonyl (C=O) groups is 1. The van der Waals surface area contributed by atoms with Crippen molar-refractivity contribution in [3.05, 3.63) is 71.0 Å². The molecule has 3 aromatic heterocycles. The Balaban J connectivity index is 1.84. The number of esters is 1. The Morgan fingerprint density at radius 3 is 2.56 bits per heavy atom. The number of alkyl halides is 3. The van der Waals surface area contributed by atoms with E-state index in [2.05, 4.69) is 25.4 Å². The molecule has 0 saturated carbocycles. The molecule has 9 nitrogen and oxygen atoms in total. The molecule has 1 N–H and O–H groups in total. The third kappa shape index (κ3) is 6.42. The van der Waals surface area contributed by atoms with Gasteiger partial charge in [-0.25, -0.2) is 23.8 Å². The standard InChI is InChI=1S/C25H21ClF4N6O3/c1-4-38-23(37)16-9-14(11-31-22(16)39-13(2)3)17-12-32-24(33-15-5-6-19(27)18(26)10-15)34-21(17)36-8-7-20(35-36)25(28,29)30/h5-13H,4H2,1-3H3,(H,32,33,34). The van der Waals surface area contributed by atoms with Gasteiger partial charge in [0.1, 0.15) is 11.4 Å². The van der Waals surface area contributed by atoms with Gasteiger partial charge in [-0.1, -0.05) is 11.6 Å². The third-order valence-electron chi connectivity index (χ3n) is 5.05. The van der Waals surface area contributed by atoms with Gasteiger partial charge >= 0.3 is 12.1 Å². The number of ether oxygens (including phenoxy) is 2. The fraction of sp³-hybridized carbons (Fsp3) is 0.240. The molecule has 0 saturated heterocycles. The van der Waals surface area contributed by atoms with Crippen molar-refractivity contribution < 1.29 is 31.8 Å². The lowest BCUT2D eigenvalue weighted by molar-refractivity contribution is -0.141. The molecule has 0 fully saturated rings. The van der Waals surface area contributed by atoms with Crippen LogP contribution in [0.1, 0.15) is 36.8 Å². The predicted octanol–water partition coefficient (Wildman–Crippen LogP) is 6.24. The maximum atomic E-state index is 13.6. The number of hydrogen-bond donors (Lipinski definition) is 1. The summed E-state index contributed by atoms with van der Waals surface area (Å²) < 4.78 is 65.1. The summed E-state index contributed by atoms with van der Waals surface area (Å²) in [6.07, 6.45) is -1.23. The van der Waals surface area contributed by atoms with Crippen LogP contribution in [0, 0.1) is 5.82 Å². The smallest absolute Gasteiger partial charge is 0.435 e. The molecule has 3 heterocycles. The first-order valence-corrected chi connectivity index (χ1v) is 11.9. The van der Waals surface area contributed by atoms with E-state index in [0.717, 1.165) is 23.0 Å². The molecule has 14 heteroatoms. The number of rotatable bonds is 8. The number of nitrogens with zero attached hydrogens (tertiary/aromatic N) is 5. The molecule has 4 rings (SSSR count). The second-order valence-corrected chi connectivity index (χ2v) is 8.70. The van der Waals surface area contributed by atoms with Crippen molar-refractivity contribution in [2.45, 2.75) is 33.1 Å². The maximum absolute atomic E-state index is 13.6. The van der Waals surface area contributed by atoms with Crippen LogP contribution in [0.4, 0.5) is 29.2 Å². The molecule has 0 aliphatic rings. The highest BCUT2D eigenvalue weighted by Crippen LogP contribution is 2.32. The van der Waals surface area contributed by atoms with Crippen LogP contribution in [0.15, 0.2) is 48.9 Å². The summed E-state index contributed by atoms with van der Waals surface area (Å²) in [5.41, 5.74) is -0.322. The van der Waals surface area contributed by atoms with E-state index in [9.17, 15) is 22.4 Å². The molecular weight excluding hydrogens is 544 g/mol. The van der Waals surface area contributed by atoms with Gasteiger partial charge < -0.3 is 14.8 Å². The third-order valence-corrected chi connectivity index (χ3v) is 5.34. The van der Waals surface area contributed by atoms with E-state index < -0.39 is 23.7 Å². The van der Waals surface area contributed by atoms with Crippen molar-refractivity contribution in [1.82, 2.24) is 24.7 Å². The molecule has 0 atom stereocenters. The average molecular weight is 565 g/mol. The number of aromatic nitrogens is 5. The van der Waals surface area contributed by atoms with E-state index >= 15 is 0 Å². The maximum Gasteiger partial charge on any atom is 0.435 e. The Labute approximate surface area is 224 Å². The Hall–Kier alpha value is -4.26. The highest BCUT2D eigenvalue weighted by atomic mass is 35.5. The number of carbonyl (C=O) groups excluding carboxylic acids is 1. The topological polar surface area (TPSA) is 104 Å². The summed E-state index contributed by atoms with van der Waals surface area (Å²) in [5, 5.41) is 6.30. The molecule has 4 aromatic rings. The zero-order chi connectivity index (χ0) is 28.3. The Morgan fingerprint density at radius 2 is 1.92 bits per heavy atom. The van der Waals surface area contributed by atoms with Crippen molar-refractivity contribution >= 4 is 29.2 Å². The average Bonchev–Trinajstić information content (AvgIpc) is 3.38. The van der Waals surface area contributed by atoms with Crippen molar-refractivity contribution in [2.24, 2.45) is 0 Å². The fourth-order valence-corrected chi connectivity index (χ4v) is 3.56. The molecule has 0 spiro atoms. The van der Waals surface area contributed by atoms with Gasteiger partial charge in [-0.05, 0) is 51.1 Å². The first-order chi connectivity index (χ1) is 18.5. The number of halogens is 5. The number of pyridine rings is 1. The van der Waals surface area contributed by atoms with Gasteiger partial charge in [0.05, 0.1) is 17.7 Å². The Morgan fingerprint density at radius 1 is 1.15 bits per heavy atom.